The third kappa shape index (κ3) is 2.73. The van der Waals surface area contributed by atoms with Crippen LogP contribution in [0.2, 0.25) is 0 Å². The highest BCUT2D eigenvalue weighted by Gasteiger charge is 2.27. The van der Waals surface area contributed by atoms with Crippen LogP contribution in [0.4, 0.5) is 17.1 Å². The molecule has 0 fully saturated rings. The van der Waals surface area contributed by atoms with E-state index in [4.69, 9.17) is 11.5 Å². The molecule has 0 radical (unpaired) electrons. The maximum absolute atomic E-state index is 12.7. The minimum atomic E-state index is -0.560. The second-order valence-corrected chi connectivity index (χ2v) is 6.05. The highest BCUT2D eigenvalue weighted by molar-refractivity contribution is 6.16. The summed E-state index contributed by atoms with van der Waals surface area (Å²) in [7, 11) is 0. The summed E-state index contributed by atoms with van der Waals surface area (Å²) >= 11 is 0. The van der Waals surface area contributed by atoms with Crippen LogP contribution in [0.5, 0.6) is 0 Å². The minimum Gasteiger partial charge on any atom is -0.383 e. The Morgan fingerprint density at radius 2 is 1.30 bits per heavy atom. The van der Waals surface area contributed by atoms with Gasteiger partial charge in [-0.15, -0.1) is 0 Å². The molecule has 0 aliphatic carbocycles. The van der Waals surface area contributed by atoms with E-state index in [1.165, 1.54) is 0 Å². The first-order valence-corrected chi connectivity index (χ1v) is 8.34. The van der Waals surface area contributed by atoms with Crippen LogP contribution in [-0.2, 0) is 0 Å². The molecule has 0 saturated heterocycles. The van der Waals surface area contributed by atoms with E-state index >= 15 is 0 Å². The van der Waals surface area contributed by atoms with Gasteiger partial charge in [0, 0.05) is 5.56 Å². The Labute approximate surface area is 155 Å². The van der Waals surface area contributed by atoms with E-state index in [1.54, 1.807) is 42.5 Å². The standard InChI is InChI=1S/C21H16N4O2/c22-19-13-7-1-4-10-16(13)25(17-11-5-2-8-14(17)20(23)26)18-12-6-3-9-15(18)21(27)24-19/h1-12H,(H2,23,26)(H2,22,24,27). The average molecular weight is 356 g/mol. The second kappa shape index (κ2) is 6.42. The molecule has 0 atom stereocenters. The van der Waals surface area contributed by atoms with Gasteiger partial charge >= 0.3 is 0 Å². The summed E-state index contributed by atoms with van der Waals surface area (Å²) in [5.41, 5.74) is 14.9. The van der Waals surface area contributed by atoms with E-state index in [2.05, 4.69) is 4.99 Å². The van der Waals surface area contributed by atoms with Crippen molar-refractivity contribution in [2.75, 3.05) is 4.90 Å². The number of amides is 2. The molecule has 0 saturated carbocycles. The molecule has 1 heterocycles. The summed E-state index contributed by atoms with van der Waals surface area (Å²) in [6, 6.07) is 21.4. The summed E-state index contributed by atoms with van der Waals surface area (Å²) in [6.45, 7) is 0. The molecule has 0 aromatic heterocycles. The zero-order valence-corrected chi connectivity index (χ0v) is 14.3. The van der Waals surface area contributed by atoms with Gasteiger partial charge in [0.25, 0.3) is 11.8 Å². The topological polar surface area (TPSA) is 102 Å². The fourth-order valence-electron chi connectivity index (χ4n) is 3.23. The van der Waals surface area contributed by atoms with Crippen molar-refractivity contribution in [1.29, 1.82) is 0 Å². The zero-order valence-electron chi connectivity index (χ0n) is 14.3. The number of hydrogen-bond donors (Lipinski definition) is 2. The minimum absolute atomic E-state index is 0.117. The molecule has 1 aliphatic rings. The first-order valence-electron chi connectivity index (χ1n) is 8.34. The van der Waals surface area contributed by atoms with Gasteiger partial charge in [-0.2, -0.15) is 4.99 Å². The number of nitrogens with two attached hydrogens (primary N) is 2. The van der Waals surface area contributed by atoms with Crippen molar-refractivity contribution in [3.05, 3.63) is 89.5 Å². The molecule has 4 rings (SSSR count). The van der Waals surface area contributed by atoms with Crippen LogP contribution in [0.1, 0.15) is 26.3 Å². The third-order valence-corrected chi connectivity index (χ3v) is 4.43. The Morgan fingerprint density at radius 1 is 0.778 bits per heavy atom. The number of primary amides is 1. The number of para-hydroxylation sites is 3. The highest BCUT2D eigenvalue weighted by Crippen LogP contribution is 2.41. The zero-order chi connectivity index (χ0) is 19.0. The molecule has 0 unspecified atom stereocenters. The van der Waals surface area contributed by atoms with E-state index in [-0.39, 0.29) is 5.84 Å². The summed E-state index contributed by atoms with van der Waals surface area (Å²) in [6.07, 6.45) is 0. The number of amidine groups is 1. The van der Waals surface area contributed by atoms with Crippen LogP contribution >= 0.6 is 0 Å². The number of hydrogen-bond acceptors (Lipinski definition) is 4. The fourth-order valence-corrected chi connectivity index (χ4v) is 3.23. The van der Waals surface area contributed by atoms with Crippen LogP contribution in [0.15, 0.2) is 77.8 Å². The largest absolute Gasteiger partial charge is 0.383 e. The van der Waals surface area contributed by atoms with Crippen molar-refractivity contribution in [1.82, 2.24) is 0 Å². The maximum atomic E-state index is 12.7. The lowest BCUT2D eigenvalue weighted by molar-refractivity contribution is 0.0994. The van der Waals surface area contributed by atoms with Gasteiger partial charge in [0.2, 0.25) is 0 Å². The van der Waals surface area contributed by atoms with E-state index in [0.717, 1.165) is 0 Å². The van der Waals surface area contributed by atoms with Gasteiger partial charge < -0.3 is 16.4 Å². The van der Waals surface area contributed by atoms with Crippen LogP contribution in [-0.4, -0.2) is 17.6 Å². The monoisotopic (exact) mass is 356 g/mol. The van der Waals surface area contributed by atoms with Crippen molar-refractivity contribution in [2.24, 2.45) is 16.5 Å². The Bertz CT molecular complexity index is 1100. The highest BCUT2D eigenvalue weighted by atomic mass is 16.1. The first kappa shape index (κ1) is 16.5. The molecular formula is C21H16N4O2. The normalized spacial score (nSPS) is 13.1. The Hall–Kier alpha value is -3.93. The van der Waals surface area contributed by atoms with Crippen molar-refractivity contribution >= 4 is 34.7 Å². The predicted octanol–water partition coefficient (Wildman–Crippen LogP) is 3.11. The van der Waals surface area contributed by atoms with Gasteiger partial charge in [-0.25, -0.2) is 0 Å². The van der Waals surface area contributed by atoms with Gasteiger partial charge in [-0.3, -0.25) is 9.59 Å². The lowest BCUT2D eigenvalue weighted by Gasteiger charge is -2.31. The fraction of sp³-hybridized carbons (Fsp3) is 0. The SMILES string of the molecule is NC(=O)c1ccccc1N1c2ccccc2C(=O)N=C(N)c2ccccc21. The Morgan fingerprint density at radius 3 is 1.96 bits per heavy atom. The number of carbonyl (C=O) groups is 2. The molecule has 4 N–H and O–H groups in total. The third-order valence-electron chi connectivity index (χ3n) is 4.43. The van der Waals surface area contributed by atoms with E-state index in [9.17, 15) is 9.59 Å². The van der Waals surface area contributed by atoms with Gasteiger partial charge in [-0.1, -0.05) is 36.4 Å². The van der Waals surface area contributed by atoms with Crippen LogP contribution in [0.25, 0.3) is 0 Å². The Kier molecular flexibility index (Phi) is 3.93. The number of fused-ring (bicyclic) bond motifs is 2. The van der Waals surface area contributed by atoms with Crippen LogP contribution < -0.4 is 16.4 Å². The van der Waals surface area contributed by atoms with Gasteiger partial charge in [0.05, 0.1) is 28.2 Å². The van der Waals surface area contributed by atoms with Gasteiger partial charge in [-0.05, 0) is 36.4 Å². The summed E-state index contributed by atoms with van der Waals surface area (Å²) in [5.74, 6) is -0.888. The molecule has 2 amide bonds. The van der Waals surface area contributed by atoms with E-state index < -0.39 is 11.8 Å². The number of anilines is 3. The molecule has 3 aromatic rings. The number of rotatable bonds is 2. The quantitative estimate of drug-likeness (QED) is 0.736. The number of aliphatic imine (C=N–C) groups is 1. The average Bonchev–Trinajstić information content (AvgIpc) is 2.68. The maximum Gasteiger partial charge on any atom is 0.281 e. The van der Waals surface area contributed by atoms with Crippen molar-refractivity contribution in [2.45, 2.75) is 0 Å². The summed E-state index contributed by atoms with van der Waals surface area (Å²) < 4.78 is 0. The molecule has 0 spiro atoms. The van der Waals surface area contributed by atoms with Crippen molar-refractivity contribution in [3.63, 3.8) is 0 Å². The summed E-state index contributed by atoms with van der Waals surface area (Å²) in [4.78, 5) is 30.6. The lowest BCUT2D eigenvalue weighted by atomic mass is 10.0. The number of carbonyl (C=O) groups excluding carboxylic acids is 2. The Balaban J connectivity index is 2.12. The van der Waals surface area contributed by atoms with Crippen LogP contribution in [0.3, 0.4) is 0 Å². The number of benzene rings is 3. The smallest absolute Gasteiger partial charge is 0.281 e. The molecule has 3 aromatic carbocycles. The number of nitrogens with zero attached hydrogens (tertiary/aromatic N) is 2. The van der Waals surface area contributed by atoms with Crippen molar-refractivity contribution < 1.29 is 9.59 Å². The van der Waals surface area contributed by atoms with E-state index in [0.29, 0.717) is 33.8 Å². The molecule has 27 heavy (non-hydrogen) atoms. The first-order chi connectivity index (χ1) is 13.1. The molecule has 1 aliphatic heterocycles. The second-order valence-electron chi connectivity index (χ2n) is 6.05. The predicted molar refractivity (Wildman–Crippen MR) is 105 cm³/mol. The molecule has 0 bridgehead atoms. The van der Waals surface area contributed by atoms with E-state index in [1.807, 2.05) is 35.2 Å². The van der Waals surface area contributed by atoms with Crippen LogP contribution in [0, 0.1) is 0 Å². The molecule has 6 nitrogen and oxygen atoms in total. The molecule has 132 valence electrons. The lowest BCUT2D eigenvalue weighted by Crippen LogP contribution is -2.26. The molecular weight excluding hydrogens is 340 g/mol. The molecule has 6 heteroatoms. The van der Waals surface area contributed by atoms with Gasteiger partial charge in [0.1, 0.15) is 5.84 Å². The summed E-state index contributed by atoms with van der Waals surface area (Å²) in [5, 5.41) is 0. The van der Waals surface area contributed by atoms with Crippen molar-refractivity contribution in [3.8, 4) is 0 Å². The van der Waals surface area contributed by atoms with Gasteiger partial charge in [0.15, 0.2) is 0 Å².